The molecule has 2 N–H and O–H groups in total. The molecule has 0 saturated carbocycles. The molecule has 1 heterocycles. The van der Waals surface area contributed by atoms with Crippen molar-refractivity contribution in [1.29, 1.82) is 0 Å². The lowest BCUT2D eigenvalue weighted by Crippen LogP contribution is -2.41. The number of nitrogens with one attached hydrogen (secondary N) is 2. The maximum absolute atomic E-state index is 12.6. The Bertz CT molecular complexity index is 1020. The molecule has 2 aromatic carbocycles. The lowest BCUT2D eigenvalue weighted by Gasteiger charge is -2.27. The number of aromatic amines is 1. The molecule has 3 aromatic rings. The van der Waals surface area contributed by atoms with Crippen LogP contribution < -0.4 is 10.2 Å². The molecule has 0 spiro atoms. The number of hydrogen-bond acceptors (Lipinski definition) is 2. The fourth-order valence-corrected chi connectivity index (χ4v) is 3.74. The summed E-state index contributed by atoms with van der Waals surface area (Å²) in [7, 11) is 0. The number of carbonyl (C=O) groups excluding carboxylic acids is 2. The second-order valence-electron chi connectivity index (χ2n) is 7.73. The molecule has 3 rings (SSSR count). The van der Waals surface area contributed by atoms with Crippen molar-refractivity contribution in [3.05, 3.63) is 65.4 Å². The van der Waals surface area contributed by atoms with Crippen molar-refractivity contribution >= 4 is 28.4 Å². The van der Waals surface area contributed by atoms with Gasteiger partial charge < -0.3 is 15.2 Å². The van der Waals surface area contributed by atoms with Crippen LogP contribution in [0.5, 0.6) is 0 Å². The average Bonchev–Trinajstić information content (AvgIpc) is 3.09. The number of amides is 2. The van der Waals surface area contributed by atoms with Gasteiger partial charge in [-0.3, -0.25) is 9.59 Å². The number of aromatic nitrogens is 1. The normalized spacial score (nSPS) is 11.1. The van der Waals surface area contributed by atoms with Crippen LogP contribution in [0.3, 0.4) is 0 Å². The summed E-state index contributed by atoms with van der Waals surface area (Å²) in [4.78, 5) is 29.8. The second kappa shape index (κ2) is 8.95. The summed E-state index contributed by atoms with van der Waals surface area (Å²) >= 11 is 0. The SMILES string of the molecule is CC(=O)N(CC(=O)NCCc1c[nH]c2ccccc12)c1c(C)cccc1C(C)C. The highest BCUT2D eigenvalue weighted by Crippen LogP contribution is 2.31. The highest BCUT2D eigenvalue weighted by Gasteiger charge is 2.21. The molecule has 0 aliphatic heterocycles. The smallest absolute Gasteiger partial charge is 0.240 e. The van der Waals surface area contributed by atoms with Crippen LogP contribution in [0, 0.1) is 6.92 Å². The Kier molecular flexibility index (Phi) is 6.37. The van der Waals surface area contributed by atoms with Crippen LogP contribution in [0.15, 0.2) is 48.7 Å². The average molecular weight is 392 g/mol. The van der Waals surface area contributed by atoms with Gasteiger partial charge in [0.15, 0.2) is 0 Å². The Hall–Kier alpha value is -3.08. The lowest BCUT2D eigenvalue weighted by atomic mass is 9.97. The first-order valence-electron chi connectivity index (χ1n) is 10.1. The van der Waals surface area contributed by atoms with Crippen LogP contribution >= 0.6 is 0 Å². The molecule has 0 radical (unpaired) electrons. The summed E-state index contributed by atoms with van der Waals surface area (Å²) in [5.41, 5.74) is 5.19. The van der Waals surface area contributed by atoms with E-state index in [0.717, 1.165) is 28.8 Å². The van der Waals surface area contributed by atoms with Gasteiger partial charge in [0.05, 0.1) is 5.69 Å². The van der Waals surface area contributed by atoms with E-state index in [9.17, 15) is 9.59 Å². The Labute approximate surface area is 172 Å². The molecule has 5 heteroatoms. The molecule has 29 heavy (non-hydrogen) atoms. The minimum Gasteiger partial charge on any atom is -0.361 e. The third-order valence-corrected chi connectivity index (χ3v) is 5.23. The second-order valence-corrected chi connectivity index (χ2v) is 7.73. The number of nitrogens with zero attached hydrogens (tertiary/aromatic N) is 1. The minimum absolute atomic E-state index is 0.0216. The van der Waals surface area contributed by atoms with Crippen molar-refractivity contribution in [3.8, 4) is 0 Å². The van der Waals surface area contributed by atoms with Gasteiger partial charge in [0, 0.05) is 30.6 Å². The van der Waals surface area contributed by atoms with Crippen molar-refractivity contribution in [2.24, 2.45) is 0 Å². The fraction of sp³-hybridized carbons (Fsp3) is 0.333. The Balaban J connectivity index is 1.67. The van der Waals surface area contributed by atoms with Gasteiger partial charge in [-0.05, 0) is 42.0 Å². The molecule has 0 aliphatic rings. The van der Waals surface area contributed by atoms with Crippen LogP contribution in [0.2, 0.25) is 0 Å². The summed E-state index contributed by atoms with van der Waals surface area (Å²) in [6.45, 7) is 8.22. The third kappa shape index (κ3) is 4.67. The van der Waals surface area contributed by atoms with Crippen LogP contribution in [0.25, 0.3) is 10.9 Å². The van der Waals surface area contributed by atoms with E-state index in [0.29, 0.717) is 6.54 Å². The van der Waals surface area contributed by atoms with Gasteiger partial charge in [0.25, 0.3) is 0 Å². The predicted octanol–water partition coefficient (Wildman–Crippen LogP) is 4.31. The zero-order valence-electron chi connectivity index (χ0n) is 17.6. The summed E-state index contributed by atoms with van der Waals surface area (Å²) in [5.74, 6) is -0.0253. The molecule has 0 aliphatic carbocycles. The van der Waals surface area contributed by atoms with Gasteiger partial charge in [-0.2, -0.15) is 0 Å². The Morgan fingerprint density at radius 1 is 1.10 bits per heavy atom. The molecule has 0 saturated heterocycles. The van der Waals surface area contributed by atoms with E-state index in [2.05, 4.69) is 30.2 Å². The number of carbonyl (C=O) groups is 2. The van der Waals surface area contributed by atoms with E-state index in [1.54, 1.807) is 4.90 Å². The highest BCUT2D eigenvalue weighted by atomic mass is 16.2. The van der Waals surface area contributed by atoms with Gasteiger partial charge >= 0.3 is 0 Å². The quantitative estimate of drug-likeness (QED) is 0.630. The summed E-state index contributed by atoms with van der Waals surface area (Å²) in [5, 5.41) is 4.14. The van der Waals surface area contributed by atoms with Crippen LogP contribution in [0.4, 0.5) is 5.69 Å². The van der Waals surface area contributed by atoms with E-state index >= 15 is 0 Å². The number of H-pyrrole nitrogens is 1. The summed E-state index contributed by atoms with van der Waals surface area (Å²) < 4.78 is 0. The fourth-order valence-electron chi connectivity index (χ4n) is 3.74. The van der Waals surface area contributed by atoms with Crippen LogP contribution in [-0.2, 0) is 16.0 Å². The monoisotopic (exact) mass is 391 g/mol. The molecule has 0 atom stereocenters. The number of fused-ring (bicyclic) bond motifs is 1. The van der Waals surface area contributed by atoms with Crippen molar-refractivity contribution in [2.75, 3.05) is 18.0 Å². The first-order valence-corrected chi connectivity index (χ1v) is 10.1. The Morgan fingerprint density at radius 2 is 1.86 bits per heavy atom. The van der Waals surface area contributed by atoms with Crippen molar-refractivity contribution in [2.45, 2.75) is 40.0 Å². The summed E-state index contributed by atoms with van der Waals surface area (Å²) in [6, 6.07) is 14.1. The molecule has 0 unspecified atom stereocenters. The molecule has 0 fully saturated rings. The lowest BCUT2D eigenvalue weighted by molar-refractivity contribution is -0.123. The highest BCUT2D eigenvalue weighted by molar-refractivity contribution is 5.98. The minimum atomic E-state index is -0.155. The third-order valence-electron chi connectivity index (χ3n) is 5.23. The molecule has 152 valence electrons. The molecule has 1 aromatic heterocycles. The number of rotatable bonds is 7. The van der Waals surface area contributed by atoms with E-state index in [1.165, 1.54) is 17.9 Å². The van der Waals surface area contributed by atoms with Gasteiger partial charge in [0.2, 0.25) is 11.8 Å². The molecule has 5 nitrogen and oxygen atoms in total. The molecule has 2 amide bonds. The topological polar surface area (TPSA) is 65.2 Å². The van der Waals surface area contributed by atoms with Gasteiger partial charge in [-0.15, -0.1) is 0 Å². The number of anilines is 1. The molecule has 0 bridgehead atoms. The van der Waals surface area contributed by atoms with E-state index in [-0.39, 0.29) is 24.3 Å². The van der Waals surface area contributed by atoms with Crippen molar-refractivity contribution < 1.29 is 9.59 Å². The largest absolute Gasteiger partial charge is 0.361 e. The first-order chi connectivity index (χ1) is 13.9. The Morgan fingerprint density at radius 3 is 2.59 bits per heavy atom. The number of aryl methyl sites for hydroxylation is 1. The molecular formula is C24H29N3O2. The van der Waals surface area contributed by atoms with Crippen molar-refractivity contribution in [1.82, 2.24) is 10.3 Å². The van der Waals surface area contributed by atoms with Gasteiger partial charge in [-0.25, -0.2) is 0 Å². The number of para-hydroxylation sites is 2. The zero-order valence-corrected chi connectivity index (χ0v) is 17.6. The number of benzene rings is 2. The first kappa shape index (κ1) is 20.6. The van der Waals surface area contributed by atoms with E-state index in [4.69, 9.17) is 0 Å². The van der Waals surface area contributed by atoms with Crippen LogP contribution in [-0.4, -0.2) is 29.9 Å². The molecular weight excluding hydrogens is 362 g/mol. The summed E-state index contributed by atoms with van der Waals surface area (Å²) in [6.07, 6.45) is 2.72. The van der Waals surface area contributed by atoms with Crippen molar-refractivity contribution in [3.63, 3.8) is 0 Å². The van der Waals surface area contributed by atoms with Crippen LogP contribution in [0.1, 0.15) is 43.4 Å². The van der Waals surface area contributed by atoms with Gasteiger partial charge in [0.1, 0.15) is 6.54 Å². The standard InChI is InChI=1S/C24H29N3O2/c1-16(2)20-10-7-8-17(3)24(20)27(18(4)28)15-23(29)25-13-12-19-14-26-22-11-6-5-9-21(19)22/h5-11,14,16,26H,12-13,15H2,1-4H3,(H,25,29). The number of hydrogen-bond donors (Lipinski definition) is 2. The van der Waals surface area contributed by atoms with E-state index < -0.39 is 0 Å². The predicted molar refractivity (Wildman–Crippen MR) is 118 cm³/mol. The van der Waals surface area contributed by atoms with E-state index in [1.807, 2.05) is 49.5 Å². The maximum atomic E-state index is 12.6. The van der Waals surface area contributed by atoms with Gasteiger partial charge in [-0.1, -0.05) is 50.2 Å². The maximum Gasteiger partial charge on any atom is 0.240 e. The zero-order chi connectivity index (χ0) is 21.0.